The Morgan fingerprint density at radius 1 is 0.828 bits per heavy atom. The molecule has 4 aromatic carbocycles. The number of carbonyl (C=O) groups excluding carboxylic acids is 1. The molecule has 1 amide bonds. The summed E-state index contributed by atoms with van der Waals surface area (Å²) in [7, 11) is 0. The van der Waals surface area contributed by atoms with E-state index >= 15 is 0 Å². The highest BCUT2D eigenvalue weighted by molar-refractivity contribution is 7.99. The molecule has 0 heterocycles. The van der Waals surface area contributed by atoms with Crippen molar-refractivity contribution in [1.29, 1.82) is 0 Å². The molecule has 144 valence electrons. The predicted molar refractivity (Wildman–Crippen MR) is 120 cm³/mol. The number of benzene rings is 4. The van der Waals surface area contributed by atoms with E-state index in [1.165, 1.54) is 0 Å². The van der Waals surface area contributed by atoms with Crippen LogP contribution >= 0.6 is 11.8 Å². The highest BCUT2D eigenvalue weighted by atomic mass is 32.2. The van der Waals surface area contributed by atoms with Crippen molar-refractivity contribution in [3.8, 4) is 5.75 Å². The van der Waals surface area contributed by atoms with E-state index in [4.69, 9.17) is 4.74 Å². The Labute approximate surface area is 174 Å². The van der Waals surface area contributed by atoms with E-state index in [1.54, 1.807) is 18.7 Å². The number of amides is 1. The van der Waals surface area contributed by atoms with Gasteiger partial charge in [0.25, 0.3) is 5.91 Å². The molecule has 0 spiro atoms. The minimum absolute atomic E-state index is 0.181. The van der Waals surface area contributed by atoms with Gasteiger partial charge in [-0.1, -0.05) is 78.5 Å². The Bertz CT molecular complexity index is 1120. The molecule has 0 saturated carbocycles. The topological polar surface area (TPSA) is 38.3 Å². The van der Waals surface area contributed by atoms with Crippen molar-refractivity contribution in [3.63, 3.8) is 0 Å². The van der Waals surface area contributed by atoms with Crippen LogP contribution in [0.2, 0.25) is 0 Å². The number of fused-ring (bicyclic) bond motifs is 1. The fraction of sp³-hybridized carbons (Fsp3) is 0.0800. The van der Waals surface area contributed by atoms with Gasteiger partial charge < -0.3 is 10.1 Å². The normalized spacial score (nSPS) is 11.8. The largest absolute Gasteiger partial charge is 0.480 e. The van der Waals surface area contributed by atoms with Crippen molar-refractivity contribution in [2.24, 2.45) is 0 Å². The number of rotatable bonds is 6. The second kappa shape index (κ2) is 8.84. The van der Waals surface area contributed by atoms with E-state index in [2.05, 4.69) is 17.4 Å². The molecule has 4 heteroatoms. The number of carbonyl (C=O) groups is 1. The smallest absolute Gasteiger partial charge is 0.265 e. The van der Waals surface area contributed by atoms with Crippen LogP contribution in [-0.4, -0.2) is 12.0 Å². The van der Waals surface area contributed by atoms with E-state index in [1.807, 2.05) is 84.9 Å². The lowest BCUT2D eigenvalue weighted by Crippen LogP contribution is -2.30. The highest BCUT2D eigenvalue weighted by Gasteiger charge is 2.17. The first-order chi connectivity index (χ1) is 14.2. The third-order valence-corrected chi connectivity index (χ3v) is 5.62. The van der Waals surface area contributed by atoms with Crippen molar-refractivity contribution in [2.75, 3.05) is 5.32 Å². The zero-order valence-corrected chi connectivity index (χ0v) is 16.9. The van der Waals surface area contributed by atoms with Crippen LogP contribution in [-0.2, 0) is 4.79 Å². The van der Waals surface area contributed by atoms with Crippen LogP contribution in [0.15, 0.2) is 107 Å². The van der Waals surface area contributed by atoms with Gasteiger partial charge in [0.1, 0.15) is 5.75 Å². The average Bonchev–Trinajstić information content (AvgIpc) is 2.76. The Hall–Kier alpha value is -3.24. The third-order valence-electron chi connectivity index (χ3n) is 4.54. The molecule has 1 atom stereocenters. The zero-order valence-electron chi connectivity index (χ0n) is 16.0. The summed E-state index contributed by atoms with van der Waals surface area (Å²) >= 11 is 1.62. The van der Waals surface area contributed by atoms with Crippen LogP contribution < -0.4 is 10.1 Å². The molecule has 0 unspecified atom stereocenters. The van der Waals surface area contributed by atoms with Crippen molar-refractivity contribution >= 4 is 34.1 Å². The van der Waals surface area contributed by atoms with Gasteiger partial charge in [-0.15, -0.1) is 0 Å². The van der Waals surface area contributed by atoms with Crippen molar-refractivity contribution in [3.05, 3.63) is 97.1 Å². The minimum Gasteiger partial charge on any atom is -0.480 e. The van der Waals surface area contributed by atoms with Gasteiger partial charge >= 0.3 is 0 Å². The first-order valence-corrected chi connectivity index (χ1v) is 10.3. The van der Waals surface area contributed by atoms with E-state index in [0.717, 1.165) is 26.3 Å². The van der Waals surface area contributed by atoms with Crippen LogP contribution in [0, 0.1) is 0 Å². The fourth-order valence-corrected chi connectivity index (χ4v) is 3.97. The lowest BCUT2D eigenvalue weighted by atomic mass is 10.1. The summed E-state index contributed by atoms with van der Waals surface area (Å²) < 4.78 is 6.00. The summed E-state index contributed by atoms with van der Waals surface area (Å²) in [5, 5.41) is 5.09. The Morgan fingerprint density at radius 3 is 2.38 bits per heavy atom. The molecule has 0 aliphatic rings. The maximum Gasteiger partial charge on any atom is 0.265 e. The van der Waals surface area contributed by atoms with Gasteiger partial charge in [0.2, 0.25) is 0 Å². The molecule has 29 heavy (non-hydrogen) atoms. The average molecular weight is 400 g/mol. The molecule has 4 aromatic rings. The quantitative estimate of drug-likeness (QED) is 0.408. The van der Waals surface area contributed by atoms with Gasteiger partial charge in [0.15, 0.2) is 6.10 Å². The van der Waals surface area contributed by atoms with Crippen molar-refractivity contribution < 1.29 is 9.53 Å². The van der Waals surface area contributed by atoms with Gasteiger partial charge in [-0.2, -0.15) is 0 Å². The number of anilines is 1. The second-order valence-electron chi connectivity index (χ2n) is 6.64. The Balaban J connectivity index is 1.49. The molecular formula is C25H21NO2S. The molecule has 4 rings (SSSR count). The number of hydrogen-bond donors (Lipinski definition) is 1. The van der Waals surface area contributed by atoms with Crippen LogP contribution in [0.25, 0.3) is 10.8 Å². The Kier molecular flexibility index (Phi) is 5.82. The second-order valence-corrected chi connectivity index (χ2v) is 7.75. The molecule has 0 bridgehead atoms. The number of nitrogens with one attached hydrogen (secondary N) is 1. The maximum absolute atomic E-state index is 12.8. The van der Waals surface area contributed by atoms with Gasteiger partial charge in [0.05, 0.1) is 5.69 Å². The fourth-order valence-electron chi connectivity index (χ4n) is 3.05. The van der Waals surface area contributed by atoms with Crippen LogP contribution in [0.1, 0.15) is 6.92 Å². The number of ether oxygens (including phenoxy) is 1. The summed E-state index contributed by atoms with van der Waals surface area (Å²) in [6.07, 6.45) is -0.629. The van der Waals surface area contributed by atoms with Crippen molar-refractivity contribution in [1.82, 2.24) is 0 Å². The minimum atomic E-state index is -0.629. The number of para-hydroxylation sites is 1. The van der Waals surface area contributed by atoms with Crippen LogP contribution in [0.5, 0.6) is 5.75 Å². The molecule has 3 nitrogen and oxygen atoms in total. The van der Waals surface area contributed by atoms with E-state index in [-0.39, 0.29) is 5.91 Å². The molecule has 0 aromatic heterocycles. The molecular weight excluding hydrogens is 378 g/mol. The first-order valence-electron chi connectivity index (χ1n) is 9.48. The van der Waals surface area contributed by atoms with Crippen LogP contribution in [0.3, 0.4) is 0 Å². The van der Waals surface area contributed by atoms with Gasteiger partial charge in [0, 0.05) is 15.2 Å². The lowest BCUT2D eigenvalue weighted by Gasteiger charge is -2.17. The summed E-state index contributed by atoms with van der Waals surface area (Å²) in [4.78, 5) is 14.9. The first kappa shape index (κ1) is 19.1. The molecule has 1 N–H and O–H groups in total. The zero-order chi connectivity index (χ0) is 20.1. The standard InChI is InChI=1S/C25H21NO2S/c1-18(28-23-16-9-11-19-10-5-6-14-21(19)23)25(27)26-22-15-7-8-17-24(22)29-20-12-3-2-4-13-20/h2-18H,1H3,(H,26,27)/t18-/m1/s1. The van der Waals surface area contributed by atoms with Gasteiger partial charge in [-0.3, -0.25) is 4.79 Å². The molecule has 0 aliphatic heterocycles. The van der Waals surface area contributed by atoms with Crippen LogP contribution in [0.4, 0.5) is 5.69 Å². The Morgan fingerprint density at radius 2 is 1.52 bits per heavy atom. The SMILES string of the molecule is C[C@@H](Oc1cccc2ccccc12)C(=O)Nc1ccccc1Sc1ccccc1. The summed E-state index contributed by atoms with van der Waals surface area (Å²) in [5.74, 6) is 0.525. The van der Waals surface area contributed by atoms with E-state index in [9.17, 15) is 4.79 Å². The number of hydrogen-bond acceptors (Lipinski definition) is 3. The highest BCUT2D eigenvalue weighted by Crippen LogP contribution is 2.33. The molecule has 0 radical (unpaired) electrons. The summed E-state index contributed by atoms with van der Waals surface area (Å²) in [5.41, 5.74) is 0.778. The lowest BCUT2D eigenvalue weighted by molar-refractivity contribution is -0.122. The summed E-state index contributed by atoms with van der Waals surface area (Å²) in [6.45, 7) is 1.77. The predicted octanol–water partition coefficient (Wildman–Crippen LogP) is 6.40. The molecule has 0 aliphatic carbocycles. The molecule has 0 fully saturated rings. The monoisotopic (exact) mass is 399 g/mol. The summed E-state index contributed by atoms with van der Waals surface area (Å²) in [6, 6.07) is 31.8. The van der Waals surface area contributed by atoms with Crippen molar-refractivity contribution in [2.45, 2.75) is 22.8 Å². The molecule has 0 saturated heterocycles. The van der Waals surface area contributed by atoms with E-state index in [0.29, 0.717) is 5.75 Å². The van der Waals surface area contributed by atoms with E-state index < -0.39 is 6.10 Å². The maximum atomic E-state index is 12.8. The van der Waals surface area contributed by atoms with Gasteiger partial charge in [-0.25, -0.2) is 0 Å². The third kappa shape index (κ3) is 4.61. The van der Waals surface area contributed by atoms with Gasteiger partial charge in [-0.05, 0) is 42.6 Å².